The van der Waals surface area contributed by atoms with E-state index in [0.29, 0.717) is 12.1 Å². The SMILES string of the molecule is O=S(=O)(c1ccccc1C(F)(F)F)N(c1ccccc1)C(F)(F)F. The summed E-state index contributed by atoms with van der Waals surface area (Å²) in [7, 11) is -5.54. The maximum atomic E-state index is 13.3. The average molecular weight is 369 g/mol. The zero-order chi connectivity index (χ0) is 18.2. The lowest BCUT2D eigenvalue weighted by molar-refractivity contribution is -0.140. The van der Waals surface area contributed by atoms with Crippen LogP contribution in [0, 0.1) is 0 Å². The normalized spacial score (nSPS) is 12.9. The fourth-order valence-corrected chi connectivity index (χ4v) is 3.59. The van der Waals surface area contributed by atoms with Crippen molar-refractivity contribution in [3.63, 3.8) is 0 Å². The second kappa shape index (κ2) is 6.00. The molecule has 2 aromatic carbocycles. The molecule has 0 atom stereocenters. The molecule has 0 saturated carbocycles. The largest absolute Gasteiger partial charge is 0.498 e. The maximum absolute atomic E-state index is 13.3. The average Bonchev–Trinajstić information content (AvgIpc) is 2.46. The highest BCUT2D eigenvalue weighted by Gasteiger charge is 2.49. The predicted molar refractivity (Wildman–Crippen MR) is 73.6 cm³/mol. The van der Waals surface area contributed by atoms with Gasteiger partial charge in [-0.25, -0.2) is 8.42 Å². The number of anilines is 1. The molecule has 0 aliphatic heterocycles. The second-order valence-corrected chi connectivity index (χ2v) is 6.32. The van der Waals surface area contributed by atoms with Crippen molar-refractivity contribution in [2.45, 2.75) is 17.4 Å². The third-order valence-electron chi connectivity index (χ3n) is 2.93. The van der Waals surface area contributed by atoms with Crippen LogP contribution in [0.4, 0.5) is 32.0 Å². The summed E-state index contributed by atoms with van der Waals surface area (Å²) in [6, 6.07) is 7.99. The fourth-order valence-electron chi connectivity index (χ4n) is 2.01. The first-order valence-electron chi connectivity index (χ1n) is 6.29. The number of rotatable bonds is 3. The van der Waals surface area contributed by atoms with Crippen LogP contribution in [0.2, 0.25) is 0 Å². The molecule has 0 fully saturated rings. The molecule has 0 aliphatic carbocycles. The molecule has 0 spiro atoms. The molecule has 0 bridgehead atoms. The highest BCUT2D eigenvalue weighted by molar-refractivity contribution is 7.93. The summed E-state index contributed by atoms with van der Waals surface area (Å²) in [4.78, 5) is -1.47. The van der Waals surface area contributed by atoms with Gasteiger partial charge in [0.15, 0.2) is 0 Å². The molecule has 2 rings (SSSR count). The molecule has 0 amide bonds. The molecule has 0 aliphatic rings. The summed E-state index contributed by atoms with van der Waals surface area (Å²) in [5.74, 6) is 0. The number of nitrogens with zero attached hydrogens (tertiary/aromatic N) is 1. The standard InChI is InChI=1S/C14H9F6NO2S/c15-13(16,17)11-8-4-5-9-12(11)24(22,23)21(14(18,19)20)10-6-2-1-3-7-10/h1-9H. The van der Waals surface area contributed by atoms with Gasteiger partial charge in [0.25, 0.3) is 10.0 Å². The summed E-state index contributed by atoms with van der Waals surface area (Å²) in [5.41, 5.74) is -2.49. The molecule has 0 saturated heterocycles. The Bertz CT molecular complexity index is 815. The van der Waals surface area contributed by atoms with Crippen molar-refractivity contribution >= 4 is 15.7 Å². The van der Waals surface area contributed by atoms with E-state index < -0.39 is 43.0 Å². The molecular weight excluding hydrogens is 360 g/mol. The highest BCUT2D eigenvalue weighted by Crippen LogP contribution is 2.39. The third kappa shape index (κ3) is 3.48. The zero-order valence-electron chi connectivity index (χ0n) is 11.6. The van der Waals surface area contributed by atoms with Crippen LogP contribution in [0.25, 0.3) is 0 Å². The van der Waals surface area contributed by atoms with Crippen LogP contribution in [0.15, 0.2) is 59.5 Å². The minimum Gasteiger partial charge on any atom is -0.201 e. The Kier molecular flexibility index (Phi) is 4.53. The van der Waals surface area contributed by atoms with Gasteiger partial charge in [-0.05, 0) is 24.3 Å². The number of hydrogen-bond donors (Lipinski definition) is 0. The van der Waals surface area contributed by atoms with Gasteiger partial charge in [-0.2, -0.15) is 17.5 Å². The molecule has 2 aromatic rings. The Morgan fingerprint density at radius 3 is 1.75 bits per heavy atom. The smallest absolute Gasteiger partial charge is 0.201 e. The topological polar surface area (TPSA) is 37.4 Å². The quantitative estimate of drug-likeness (QED) is 0.593. The van der Waals surface area contributed by atoms with Gasteiger partial charge in [0.2, 0.25) is 0 Å². The van der Waals surface area contributed by atoms with Crippen LogP contribution in [-0.2, 0) is 16.2 Å². The molecule has 0 heterocycles. The monoisotopic (exact) mass is 369 g/mol. The van der Waals surface area contributed by atoms with Gasteiger partial charge < -0.3 is 0 Å². The van der Waals surface area contributed by atoms with Crippen molar-refractivity contribution in [3.8, 4) is 0 Å². The Morgan fingerprint density at radius 2 is 1.25 bits per heavy atom. The van der Waals surface area contributed by atoms with E-state index in [1.807, 2.05) is 0 Å². The van der Waals surface area contributed by atoms with Gasteiger partial charge in [-0.3, -0.25) is 0 Å². The minimum absolute atomic E-state index is 0.409. The highest BCUT2D eigenvalue weighted by atomic mass is 32.2. The van der Waals surface area contributed by atoms with Crippen LogP contribution in [-0.4, -0.2) is 14.7 Å². The molecule has 10 heteroatoms. The van der Waals surface area contributed by atoms with Crippen LogP contribution in [0.3, 0.4) is 0 Å². The number of halogens is 6. The van der Waals surface area contributed by atoms with Crippen molar-refractivity contribution < 1.29 is 34.8 Å². The first kappa shape index (κ1) is 18.1. The molecule has 0 radical (unpaired) electrons. The summed E-state index contributed by atoms with van der Waals surface area (Å²) in [5, 5.41) is 0. The Balaban J connectivity index is 2.72. The number of para-hydroxylation sites is 1. The predicted octanol–water partition coefficient (Wildman–Crippen LogP) is 4.42. The fraction of sp³-hybridized carbons (Fsp3) is 0.143. The molecule has 0 N–H and O–H groups in total. The minimum atomic E-state index is -5.54. The van der Waals surface area contributed by atoms with Crippen molar-refractivity contribution in [1.82, 2.24) is 0 Å². The zero-order valence-corrected chi connectivity index (χ0v) is 12.5. The van der Waals surface area contributed by atoms with Crippen LogP contribution >= 0.6 is 0 Å². The van der Waals surface area contributed by atoms with Gasteiger partial charge in [0.1, 0.15) is 0 Å². The Labute approximate surface area is 133 Å². The van der Waals surface area contributed by atoms with E-state index in [9.17, 15) is 34.8 Å². The lowest BCUT2D eigenvalue weighted by atomic mass is 10.2. The van der Waals surface area contributed by atoms with E-state index in [4.69, 9.17) is 0 Å². The van der Waals surface area contributed by atoms with E-state index in [2.05, 4.69) is 0 Å². The van der Waals surface area contributed by atoms with Crippen LogP contribution in [0.5, 0.6) is 0 Å². The van der Waals surface area contributed by atoms with Crippen molar-refractivity contribution in [2.75, 3.05) is 4.31 Å². The first-order valence-corrected chi connectivity index (χ1v) is 7.73. The van der Waals surface area contributed by atoms with Crippen molar-refractivity contribution in [2.24, 2.45) is 0 Å². The van der Waals surface area contributed by atoms with Crippen molar-refractivity contribution in [3.05, 3.63) is 60.2 Å². The summed E-state index contributed by atoms with van der Waals surface area (Å²) in [6.45, 7) is 0. The summed E-state index contributed by atoms with van der Waals surface area (Å²) >= 11 is 0. The molecule has 130 valence electrons. The van der Waals surface area contributed by atoms with Gasteiger partial charge in [0.05, 0.1) is 16.1 Å². The van der Waals surface area contributed by atoms with E-state index in [-0.39, 0.29) is 0 Å². The van der Waals surface area contributed by atoms with Gasteiger partial charge in [-0.15, -0.1) is 13.2 Å². The first-order chi connectivity index (χ1) is 11.0. The van der Waals surface area contributed by atoms with Gasteiger partial charge >= 0.3 is 12.5 Å². The van der Waals surface area contributed by atoms with Gasteiger partial charge in [-0.1, -0.05) is 30.3 Å². The van der Waals surface area contributed by atoms with Crippen molar-refractivity contribution in [1.29, 1.82) is 0 Å². The lowest BCUT2D eigenvalue weighted by Gasteiger charge is -2.27. The second-order valence-electron chi connectivity index (χ2n) is 4.57. The van der Waals surface area contributed by atoms with Gasteiger partial charge in [0, 0.05) is 0 Å². The number of sulfonamides is 1. The van der Waals surface area contributed by atoms with E-state index in [0.717, 1.165) is 36.4 Å². The molecule has 24 heavy (non-hydrogen) atoms. The Morgan fingerprint density at radius 1 is 0.750 bits per heavy atom. The number of hydrogen-bond acceptors (Lipinski definition) is 2. The molecular formula is C14H9F6NO2S. The molecule has 0 aromatic heterocycles. The Hall–Kier alpha value is -2.23. The van der Waals surface area contributed by atoms with Crippen LogP contribution in [0.1, 0.15) is 5.56 Å². The van der Waals surface area contributed by atoms with E-state index in [1.54, 1.807) is 0 Å². The summed E-state index contributed by atoms with van der Waals surface area (Å²) < 4.78 is 102. The van der Waals surface area contributed by atoms with E-state index >= 15 is 0 Å². The molecule has 3 nitrogen and oxygen atoms in total. The summed E-state index contributed by atoms with van der Waals surface area (Å²) in [6.07, 6.45) is -10.6. The third-order valence-corrected chi connectivity index (χ3v) is 4.74. The number of benzene rings is 2. The lowest BCUT2D eigenvalue weighted by Crippen LogP contribution is -2.43. The number of alkyl halides is 6. The maximum Gasteiger partial charge on any atom is 0.498 e. The van der Waals surface area contributed by atoms with E-state index in [1.165, 1.54) is 6.07 Å². The van der Waals surface area contributed by atoms with Crippen LogP contribution < -0.4 is 4.31 Å². The molecule has 0 unspecified atom stereocenters.